The molecule has 0 amide bonds. The molecule has 7 heteroatoms. The number of carbonyl (C=O) groups is 2. The third-order valence-corrected chi connectivity index (χ3v) is 11.6. The Bertz CT molecular complexity index is 1260. The number of aromatic nitrogens is 1. The zero-order valence-corrected chi connectivity index (χ0v) is 40.3. The Hall–Kier alpha value is -3.03. The Morgan fingerprint density at radius 1 is 0.597 bits per heavy atom. The summed E-state index contributed by atoms with van der Waals surface area (Å²) in [4.78, 5) is 31.2. The van der Waals surface area contributed by atoms with E-state index in [4.69, 9.17) is 9.47 Å². The van der Waals surface area contributed by atoms with Gasteiger partial charge in [0.05, 0.1) is 19.3 Å². The van der Waals surface area contributed by atoms with Crippen LogP contribution in [0.5, 0.6) is 0 Å². The summed E-state index contributed by atoms with van der Waals surface area (Å²) in [5, 5.41) is 11.3. The summed E-state index contributed by atoms with van der Waals surface area (Å²) < 4.78 is 11.1. The average molecular weight is 863 g/mol. The van der Waals surface area contributed by atoms with Crippen molar-refractivity contribution < 1.29 is 24.2 Å². The van der Waals surface area contributed by atoms with Crippen LogP contribution < -0.4 is 0 Å². The van der Waals surface area contributed by atoms with E-state index >= 15 is 0 Å². The van der Waals surface area contributed by atoms with Crippen LogP contribution in [0.4, 0.5) is 0 Å². The number of unbranched alkanes of at least 4 members (excludes halogenated alkanes) is 19. The van der Waals surface area contributed by atoms with Gasteiger partial charge < -0.3 is 19.5 Å². The van der Waals surface area contributed by atoms with Gasteiger partial charge in [-0.25, -0.2) is 0 Å². The number of hydrogen-bond acceptors (Lipinski definition) is 7. The van der Waals surface area contributed by atoms with Crippen LogP contribution in [0.15, 0.2) is 73.1 Å². The lowest BCUT2D eigenvalue weighted by Crippen LogP contribution is -2.33. The van der Waals surface area contributed by atoms with Crippen molar-refractivity contribution in [3.63, 3.8) is 0 Å². The van der Waals surface area contributed by atoms with Crippen molar-refractivity contribution >= 4 is 11.9 Å². The maximum absolute atomic E-state index is 12.4. The lowest BCUT2D eigenvalue weighted by atomic mass is 9.91. The van der Waals surface area contributed by atoms with E-state index in [-0.39, 0.29) is 17.9 Å². The number of pyridine rings is 1. The topological polar surface area (TPSA) is 89.0 Å². The highest BCUT2D eigenvalue weighted by Crippen LogP contribution is 2.21. The van der Waals surface area contributed by atoms with E-state index < -0.39 is 6.10 Å². The Morgan fingerprint density at radius 2 is 1.05 bits per heavy atom. The van der Waals surface area contributed by atoms with Gasteiger partial charge in [0.25, 0.3) is 0 Å². The van der Waals surface area contributed by atoms with Crippen molar-refractivity contribution in [1.82, 2.24) is 9.88 Å². The van der Waals surface area contributed by atoms with Crippen molar-refractivity contribution in [1.29, 1.82) is 0 Å². The summed E-state index contributed by atoms with van der Waals surface area (Å²) in [7, 11) is 2.10. The SMILES string of the molecule is CCCCC/C=C\C/C=C\CCCCCCCC(=O)OCCCCCC(O)C(CCCCOC(=O)CCCCCCC/C=C\C/C=C\CCCCC)CN(C)Cc1cccnc1. The second-order valence-corrected chi connectivity index (χ2v) is 17.6. The van der Waals surface area contributed by atoms with E-state index in [1.807, 2.05) is 12.3 Å². The van der Waals surface area contributed by atoms with E-state index in [9.17, 15) is 14.7 Å². The molecule has 62 heavy (non-hydrogen) atoms. The van der Waals surface area contributed by atoms with Gasteiger partial charge in [-0.1, -0.05) is 139 Å². The lowest BCUT2D eigenvalue weighted by molar-refractivity contribution is -0.144. The highest BCUT2D eigenvalue weighted by Gasteiger charge is 2.21. The molecule has 0 aliphatic heterocycles. The first-order valence-electron chi connectivity index (χ1n) is 25.6. The first-order chi connectivity index (χ1) is 30.5. The summed E-state index contributed by atoms with van der Waals surface area (Å²) in [6.07, 6.45) is 54.4. The van der Waals surface area contributed by atoms with Gasteiger partial charge in [0.15, 0.2) is 0 Å². The highest BCUT2D eigenvalue weighted by molar-refractivity contribution is 5.69. The van der Waals surface area contributed by atoms with Gasteiger partial charge >= 0.3 is 11.9 Å². The molecule has 1 N–H and O–H groups in total. The molecule has 1 heterocycles. The van der Waals surface area contributed by atoms with E-state index in [2.05, 4.69) is 85.5 Å². The molecule has 2 unspecified atom stereocenters. The third-order valence-electron chi connectivity index (χ3n) is 11.6. The van der Waals surface area contributed by atoms with Crippen LogP contribution >= 0.6 is 0 Å². The lowest BCUT2D eigenvalue weighted by Gasteiger charge is -2.28. The molecule has 1 aromatic heterocycles. The molecule has 0 saturated carbocycles. The van der Waals surface area contributed by atoms with Crippen LogP contribution in [-0.4, -0.2) is 59.8 Å². The standard InChI is InChI=1S/C55H94N2O5/c1-4-6-8-10-12-14-16-18-20-22-24-26-28-30-34-43-54(59)61-46-37-32-33-42-53(58)52(50-57(3)49-51-40-39-45-56-48-51)41-36-38-47-62-55(60)44-35-31-29-27-25-23-21-19-17-15-13-11-9-7-5-2/h12-15,18-21,39-40,45,48,52-53,58H,4-11,16-17,22-38,41-44,46-47,49-50H2,1-3H3/b14-12-,15-13-,20-18-,21-19-. The smallest absolute Gasteiger partial charge is 0.305 e. The van der Waals surface area contributed by atoms with Gasteiger partial charge in [-0.15, -0.1) is 0 Å². The van der Waals surface area contributed by atoms with Gasteiger partial charge in [-0.2, -0.15) is 0 Å². The Morgan fingerprint density at radius 3 is 1.55 bits per heavy atom. The zero-order chi connectivity index (χ0) is 44.8. The molecule has 0 radical (unpaired) electrons. The van der Waals surface area contributed by atoms with Crippen LogP contribution in [0, 0.1) is 5.92 Å². The van der Waals surface area contributed by atoms with Crippen molar-refractivity contribution in [2.75, 3.05) is 26.8 Å². The molecule has 0 aromatic carbocycles. The summed E-state index contributed by atoms with van der Waals surface area (Å²) in [5.74, 6) is -0.0445. The number of aliphatic hydroxyl groups excluding tert-OH is 1. The predicted molar refractivity (Wildman–Crippen MR) is 263 cm³/mol. The molecule has 354 valence electrons. The predicted octanol–water partition coefficient (Wildman–Crippen LogP) is 14.9. The quantitative estimate of drug-likeness (QED) is 0.0397. The molecule has 0 bridgehead atoms. The molecular weight excluding hydrogens is 769 g/mol. The molecule has 2 atom stereocenters. The number of allylic oxidation sites excluding steroid dienone is 8. The molecule has 0 aliphatic carbocycles. The molecule has 0 fully saturated rings. The monoisotopic (exact) mass is 863 g/mol. The van der Waals surface area contributed by atoms with Gasteiger partial charge in [0.1, 0.15) is 0 Å². The number of hydrogen-bond donors (Lipinski definition) is 1. The normalized spacial score (nSPS) is 13.0. The summed E-state index contributed by atoms with van der Waals surface area (Å²) in [5.41, 5.74) is 1.16. The first-order valence-corrected chi connectivity index (χ1v) is 25.6. The number of rotatable bonds is 44. The fraction of sp³-hybridized carbons (Fsp3) is 0.727. The van der Waals surface area contributed by atoms with Gasteiger partial charge in [0, 0.05) is 38.3 Å². The second-order valence-electron chi connectivity index (χ2n) is 17.6. The number of ether oxygens (including phenoxy) is 2. The molecule has 7 nitrogen and oxygen atoms in total. The second kappa shape index (κ2) is 44.6. The van der Waals surface area contributed by atoms with Crippen LogP contribution in [0.2, 0.25) is 0 Å². The van der Waals surface area contributed by atoms with Crippen LogP contribution in [0.25, 0.3) is 0 Å². The van der Waals surface area contributed by atoms with Crippen molar-refractivity contribution in [3.05, 3.63) is 78.7 Å². The minimum atomic E-state index is -0.409. The van der Waals surface area contributed by atoms with Gasteiger partial charge in [-0.3, -0.25) is 14.6 Å². The molecule has 1 rings (SSSR count). The van der Waals surface area contributed by atoms with E-state index in [0.29, 0.717) is 26.1 Å². The van der Waals surface area contributed by atoms with E-state index in [1.54, 1.807) is 6.20 Å². The van der Waals surface area contributed by atoms with Crippen LogP contribution in [0.1, 0.15) is 218 Å². The minimum Gasteiger partial charge on any atom is -0.466 e. The fourth-order valence-electron chi connectivity index (χ4n) is 7.73. The Balaban J connectivity index is 2.19. The molecule has 0 saturated heterocycles. The molecule has 1 aromatic rings. The van der Waals surface area contributed by atoms with Gasteiger partial charge in [0.2, 0.25) is 0 Å². The number of aliphatic hydroxyl groups is 1. The number of carbonyl (C=O) groups excluding carboxylic acids is 2. The first kappa shape index (κ1) is 57.0. The maximum Gasteiger partial charge on any atom is 0.305 e. The van der Waals surface area contributed by atoms with Crippen LogP contribution in [0.3, 0.4) is 0 Å². The molecule has 0 spiro atoms. The largest absolute Gasteiger partial charge is 0.466 e. The van der Waals surface area contributed by atoms with E-state index in [0.717, 1.165) is 115 Å². The maximum atomic E-state index is 12.4. The minimum absolute atomic E-state index is 0.0837. The number of esters is 2. The number of nitrogens with zero attached hydrogens (tertiary/aromatic N) is 2. The summed E-state index contributed by atoms with van der Waals surface area (Å²) in [6.45, 7) is 6.96. The van der Waals surface area contributed by atoms with Crippen molar-refractivity contribution in [3.8, 4) is 0 Å². The Kier molecular flexibility index (Phi) is 41.0. The molecule has 0 aliphatic rings. The summed E-state index contributed by atoms with van der Waals surface area (Å²) in [6, 6.07) is 4.05. The third kappa shape index (κ3) is 38.6. The summed E-state index contributed by atoms with van der Waals surface area (Å²) >= 11 is 0. The van der Waals surface area contributed by atoms with Crippen LogP contribution in [-0.2, 0) is 25.6 Å². The Labute approximate surface area is 381 Å². The average Bonchev–Trinajstić information content (AvgIpc) is 3.27. The highest BCUT2D eigenvalue weighted by atomic mass is 16.5. The molecular formula is C55H94N2O5. The van der Waals surface area contributed by atoms with Crippen molar-refractivity contribution in [2.24, 2.45) is 5.92 Å². The zero-order valence-electron chi connectivity index (χ0n) is 40.3. The van der Waals surface area contributed by atoms with Crippen molar-refractivity contribution in [2.45, 2.75) is 226 Å². The van der Waals surface area contributed by atoms with E-state index in [1.165, 1.54) is 89.9 Å². The fourth-order valence-corrected chi connectivity index (χ4v) is 7.73. The van der Waals surface area contributed by atoms with Gasteiger partial charge in [-0.05, 0) is 140 Å².